The molecule has 0 unspecified atom stereocenters. The molecule has 0 radical (unpaired) electrons. The summed E-state index contributed by atoms with van der Waals surface area (Å²) in [5.74, 6) is 0.846. The number of fused-ring (bicyclic) bond motifs is 1. The van der Waals surface area contributed by atoms with Gasteiger partial charge in [-0.25, -0.2) is 4.98 Å². The van der Waals surface area contributed by atoms with Gasteiger partial charge in [-0.3, -0.25) is 4.90 Å². The van der Waals surface area contributed by atoms with E-state index in [4.69, 9.17) is 4.74 Å². The molecule has 4 rings (SSSR count). The number of thiophene rings is 1. The van der Waals surface area contributed by atoms with Crippen LogP contribution >= 0.6 is 22.7 Å². The van der Waals surface area contributed by atoms with Crippen molar-refractivity contribution in [2.45, 2.75) is 20.0 Å². The summed E-state index contributed by atoms with van der Waals surface area (Å²) in [6, 6.07) is 8.15. The molecule has 24 heavy (non-hydrogen) atoms. The summed E-state index contributed by atoms with van der Waals surface area (Å²) < 4.78 is 5.82. The monoisotopic (exact) mass is 358 g/mol. The molecule has 1 aliphatic rings. The molecule has 3 aromatic rings. The lowest BCUT2D eigenvalue weighted by Crippen LogP contribution is -2.25. The molecule has 0 saturated carbocycles. The van der Waals surface area contributed by atoms with Gasteiger partial charge in [-0.2, -0.15) is 0 Å². The summed E-state index contributed by atoms with van der Waals surface area (Å²) in [5.41, 5.74) is 2.08. The molecule has 0 spiro atoms. The molecule has 124 valence electrons. The topological polar surface area (TPSA) is 45.6 Å². The van der Waals surface area contributed by atoms with Crippen LogP contribution in [0.3, 0.4) is 0 Å². The second kappa shape index (κ2) is 6.55. The van der Waals surface area contributed by atoms with Crippen LogP contribution in [0.5, 0.6) is 11.5 Å². The average Bonchev–Trinajstić information content (AvgIpc) is 3.16. The van der Waals surface area contributed by atoms with Crippen LogP contribution in [-0.4, -0.2) is 28.1 Å². The minimum absolute atomic E-state index is 0.227. The van der Waals surface area contributed by atoms with Crippen LogP contribution < -0.4 is 4.74 Å². The quantitative estimate of drug-likeness (QED) is 0.759. The van der Waals surface area contributed by atoms with Crippen LogP contribution in [-0.2, 0) is 13.1 Å². The maximum absolute atomic E-state index is 10.4. The first kappa shape index (κ1) is 15.6. The molecular formula is C18H18N2O2S2. The van der Waals surface area contributed by atoms with Crippen molar-refractivity contribution < 1.29 is 9.84 Å². The standard InChI is InChI=1S/C18H18N2O2S2/c1-12-2-3-16(24-12)13-8-14-10-20(11-17-19-4-7-23-17)5-6-22-18(14)15(21)9-13/h2-4,7-9,21H,5-6,10-11H2,1H3. The van der Waals surface area contributed by atoms with Gasteiger partial charge in [0.2, 0.25) is 0 Å². The smallest absolute Gasteiger partial charge is 0.165 e. The van der Waals surface area contributed by atoms with Crippen LogP contribution in [0.15, 0.2) is 35.8 Å². The Morgan fingerprint density at radius 3 is 3.00 bits per heavy atom. The first-order valence-corrected chi connectivity index (χ1v) is 9.55. The summed E-state index contributed by atoms with van der Waals surface area (Å²) in [7, 11) is 0. The van der Waals surface area contributed by atoms with E-state index in [0.717, 1.165) is 35.8 Å². The molecule has 1 aromatic carbocycles. The van der Waals surface area contributed by atoms with Gasteiger partial charge < -0.3 is 9.84 Å². The molecule has 1 aliphatic heterocycles. The molecule has 0 fully saturated rings. The molecule has 0 atom stereocenters. The van der Waals surface area contributed by atoms with Crippen molar-refractivity contribution in [2.75, 3.05) is 13.2 Å². The highest BCUT2D eigenvalue weighted by Gasteiger charge is 2.20. The molecule has 0 aliphatic carbocycles. The number of hydrogen-bond acceptors (Lipinski definition) is 6. The minimum atomic E-state index is 0.227. The zero-order valence-corrected chi connectivity index (χ0v) is 15.0. The zero-order valence-electron chi connectivity index (χ0n) is 13.4. The SMILES string of the molecule is Cc1ccc(-c2cc(O)c3c(c2)CN(Cc2nccs2)CCO3)s1. The Balaban J connectivity index is 1.65. The molecule has 0 bridgehead atoms. The van der Waals surface area contributed by atoms with E-state index in [9.17, 15) is 5.11 Å². The van der Waals surface area contributed by atoms with E-state index in [1.807, 2.05) is 11.6 Å². The van der Waals surface area contributed by atoms with E-state index < -0.39 is 0 Å². The fraction of sp³-hybridized carbons (Fsp3) is 0.278. The van der Waals surface area contributed by atoms with Crippen LogP contribution in [0, 0.1) is 6.92 Å². The second-order valence-corrected chi connectivity index (χ2v) is 8.15. The van der Waals surface area contributed by atoms with Crippen LogP contribution in [0.25, 0.3) is 10.4 Å². The third kappa shape index (κ3) is 3.17. The van der Waals surface area contributed by atoms with Crippen molar-refractivity contribution in [3.8, 4) is 21.9 Å². The van der Waals surface area contributed by atoms with Crippen molar-refractivity contribution in [3.05, 3.63) is 51.3 Å². The highest BCUT2D eigenvalue weighted by atomic mass is 32.1. The molecule has 0 amide bonds. The van der Waals surface area contributed by atoms with E-state index in [0.29, 0.717) is 12.4 Å². The Hall–Kier alpha value is -1.89. The number of hydrogen-bond donors (Lipinski definition) is 1. The Labute approximate surface area is 149 Å². The van der Waals surface area contributed by atoms with E-state index in [-0.39, 0.29) is 5.75 Å². The molecule has 2 aromatic heterocycles. The molecule has 6 heteroatoms. The van der Waals surface area contributed by atoms with Crippen molar-refractivity contribution in [1.82, 2.24) is 9.88 Å². The van der Waals surface area contributed by atoms with E-state index in [1.165, 1.54) is 9.75 Å². The van der Waals surface area contributed by atoms with Gasteiger partial charge in [-0.1, -0.05) is 0 Å². The molecule has 4 nitrogen and oxygen atoms in total. The fourth-order valence-electron chi connectivity index (χ4n) is 2.94. The molecule has 1 N–H and O–H groups in total. The zero-order chi connectivity index (χ0) is 16.5. The fourth-order valence-corrected chi connectivity index (χ4v) is 4.45. The van der Waals surface area contributed by atoms with E-state index in [1.54, 1.807) is 28.7 Å². The van der Waals surface area contributed by atoms with Gasteiger partial charge in [0, 0.05) is 40.0 Å². The maximum atomic E-state index is 10.4. The van der Waals surface area contributed by atoms with Gasteiger partial charge in [0.25, 0.3) is 0 Å². The first-order valence-electron chi connectivity index (χ1n) is 7.85. The number of ether oxygens (including phenoxy) is 1. The number of nitrogens with zero attached hydrogens (tertiary/aromatic N) is 2. The maximum Gasteiger partial charge on any atom is 0.165 e. The number of aromatic nitrogens is 1. The van der Waals surface area contributed by atoms with Crippen molar-refractivity contribution >= 4 is 22.7 Å². The summed E-state index contributed by atoms with van der Waals surface area (Å²) in [6.45, 7) is 5.05. The highest BCUT2D eigenvalue weighted by Crippen LogP contribution is 2.39. The summed E-state index contributed by atoms with van der Waals surface area (Å²) in [5, 5.41) is 13.5. The Bertz CT molecular complexity index is 843. The number of phenolic OH excluding ortho intramolecular Hbond substituents is 1. The number of rotatable bonds is 3. The van der Waals surface area contributed by atoms with E-state index in [2.05, 4.69) is 35.0 Å². The van der Waals surface area contributed by atoms with Crippen molar-refractivity contribution in [3.63, 3.8) is 0 Å². The lowest BCUT2D eigenvalue weighted by Gasteiger charge is -2.18. The Morgan fingerprint density at radius 1 is 1.33 bits per heavy atom. The van der Waals surface area contributed by atoms with Gasteiger partial charge in [-0.15, -0.1) is 22.7 Å². The molecule has 0 saturated heterocycles. The van der Waals surface area contributed by atoms with Gasteiger partial charge in [-0.05, 0) is 36.8 Å². The number of thiazole rings is 1. The Morgan fingerprint density at radius 2 is 2.25 bits per heavy atom. The number of aryl methyl sites for hydroxylation is 1. The van der Waals surface area contributed by atoms with E-state index >= 15 is 0 Å². The lowest BCUT2D eigenvalue weighted by molar-refractivity contribution is 0.217. The molecular weight excluding hydrogens is 340 g/mol. The van der Waals surface area contributed by atoms with Crippen LogP contribution in [0.1, 0.15) is 15.4 Å². The number of benzene rings is 1. The first-order chi connectivity index (χ1) is 11.7. The summed E-state index contributed by atoms with van der Waals surface area (Å²) in [6.07, 6.45) is 1.84. The predicted octanol–water partition coefficient (Wildman–Crippen LogP) is 4.28. The van der Waals surface area contributed by atoms with Gasteiger partial charge in [0.15, 0.2) is 11.5 Å². The largest absolute Gasteiger partial charge is 0.504 e. The second-order valence-electron chi connectivity index (χ2n) is 5.88. The van der Waals surface area contributed by atoms with Gasteiger partial charge in [0.1, 0.15) is 11.6 Å². The van der Waals surface area contributed by atoms with Crippen LogP contribution in [0.2, 0.25) is 0 Å². The van der Waals surface area contributed by atoms with Gasteiger partial charge >= 0.3 is 0 Å². The third-order valence-corrected chi connectivity index (χ3v) is 5.88. The average molecular weight is 358 g/mol. The normalized spacial score (nSPS) is 14.9. The van der Waals surface area contributed by atoms with Gasteiger partial charge in [0.05, 0.1) is 6.54 Å². The predicted molar refractivity (Wildman–Crippen MR) is 97.9 cm³/mol. The van der Waals surface area contributed by atoms with Crippen molar-refractivity contribution in [1.29, 1.82) is 0 Å². The van der Waals surface area contributed by atoms with Crippen molar-refractivity contribution in [2.24, 2.45) is 0 Å². The lowest BCUT2D eigenvalue weighted by atomic mass is 10.1. The minimum Gasteiger partial charge on any atom is -0.504 e. The third-order valence-electron chi connectivity index (χ3n) is 4.06. The van der Waals surface area contributed by atoms with Crippen LogP contribution in [0.4, 0.5) is 0 Å². The number of phenols is 1. The summed E-state index contributed by atoms with van der Waals surface area (Å²) in [4.78, 5) is 9.12. The highest BCUT2D eigenvalue weighted by molar-refractivity contribution is 7.15. The Kier molecular flexibility index (Phi) is 4.26. The number of aromatic hydroxyl groups is 1. The molecule has 3 heterocycles. The summed E-state index contributed by atoms with van der Waals surface area (Å²) >= 11 is 3.41.